The predicted octanol–water partition coefficient (Wildman–Crippen LogP) is 3.67. The lowest BCUT2D eigenvalue weighted by molar-refractivity contribution is -0.0502. The number of halogens is 3. The van der Waals surface area contributed by atoms with Crippen LogP contribution in [0.15, 0.2) is 24.3 Å². The summed E-state index contributed by atoms with van der Waals surface area (Å²) in [6.45, 7) is 4.01. The molecule has 0 aliphatic carbocycles. The lowest BCUT2D eigenvalue weighted by Gasteiger charge is -2.26. The number of rotatable bonds is 5. The highest BCUT2D eigenvalue weighted by atomic mass is 32.2. The van der Waals surface area contributed by atoms with E-state index in [2.05, 4.69) is 14.2 Å². The van der Waals surface area contributed by atoms with Crippen molar-refractivity contribution in [2.45, 2.75) is 38.2 Å². The molecular formula is C18H20F3N3O4S. The zero-order chi connectivity index (χ0) is 21.4. The highest BCUT2D eigenvalue weighted by Crippen LogP contribution is 2.39. The highest BCUT2D eigenvalue weighted by Gasteiger charge is 2.49. The van der Waals surface area contributed by atoms with E-state index in [4.69, 9.17) is 4.74 Å². The minimum Gasteiger partial charge on any atom is -0.490 e. The van der Waals surface area contributed by atoms with E-state index in [0.717, 1.165) is 24.0 Å². The standard InChI is InChI=1S/C18H20F3N3O4S/c1-11-6-8-13(9-7-11)14-5-4-10-24(14)17-22-12(2)15(27-3)16(23-17)28-29(25,26)18(19,20)21/h6-9,14H,4-5,10H2,1-3H3/t14-/m0/s1. The number of aryl methyl sites for hydroxylation is 2. The number of hydrogen-bond donors (Lipinski definition) is 0. The van der Waals surface area contributed by atoms with Gasteiger partial charge in [-0.15, -0.1) is 0 Å². The molecule has 3 rings (SSSR count). The first kappa shape index (κ1) is 21.2. The van der Waals surface area contributed by atoms with Gasteiger partial charge < -0.3 is 13.8 Å². The Balaban J connectivity index is 2.01. The molecule has 1 atom stereocenters. The molecule has 1 aliphatic heterocycles. The molecule has 29 heavy (non-hydrogen) atoms. The van der Waals surface area contributed by atoms with E-state index in [1.165, 1.54) is 14.0 Å². The summed E-state index contributed by atoms with van der Waals surface area (Å²) in [7, 11) is -4.73. The molecule has 0 saturated carbocycles. The van der Waals surface area contributed by atoms with Gasteiger partial charge in [-0.3, -0.25) is 0 Å². The Kier molecular flexibility index (Phi) is 5.61. The van der Waals surface area contributed by atoms with Crippen LogP contribution in [0.5, 0.6) is 11.6 Å². The molecule has 7 nitrogen and oxygen atoms in total. The first-order valence-corrected chi connectivity index (χ1v) is 10.2. The number of anilines is 1. The normalized spacial score (nSPS) is 17.4. The molecule has 1 saturated heterocycles. The zero-order valence-corrected chi connectivity index (χ0v) is 16.8. The molecule has 158 valence electrons. The van der Waals surface area contributed by atoms with Gasteiger partial charge in [0.05, 0.1) is 18.8 Å². The lowest BCUT2D eigenvalue weighted by Crippen LogP contribution is -2.29. The van der Waals surface area contributed by atoms with Gasteiger partial charge in [-0.05, 0) is 32.3 Å². The minimum atomic E-state index is -5.90. The van der Waals surface area contributed by atoms with Crippen LogP contribution in [0.25, 0.3) is 0 Å². The van der Waals surface area contributed by atoms with Crippen LogP contribution in [0.4, 0.5) is 19.1 Å². The lowest BCUT2D eigenvalue weighted by atomic mass is 10.0. The molecule has 1 fully saturated rings. The molecule has 1 aliphatic rings. The van der Waals surface area contributed by atoms with Gasteiger partial charge in [-0.25, -0.2) is 4.98 Å². The summed E-state index contributed by atoms with van der Waals surface area (Å²) in [5.74, 6) is -0.978. The van der Waals surface area contributed by atoms with Crippen LogP contribution in [0, 0.1) is 13.8 Å². The molecule has 0 bridgehead atoms. The molecule has 0 N–H and O–H groups in total. The molecule has 2 heterocycles. The van der Waals surface area contributed by atoms with Crippen molar-refractivity contribution in [3.05, 3.63) is 41.1 Å². The summed E-state index contributed by atoms with van der Waals surface area (Å²) in [4.78, 5) is 10.1. The summed E-state index contributed by atoms with van der Waals surface area (Å²) in [6.07, 6.45) is 1.62. The second-order valence-corrected chi connectivity index (χ2v) is 8.23. The Labute approximate surface area is 166 Å². The third-order valence-corrected chi connectivity index (χ3v) is 5.58. The Morgan fingerprint density at radius 1 is 1.14 bits per heavy atom. The van der Waals surface area contributed by atoms with E-state index >= 15 is 0 Å². The molecule has 1 aromatic carbocycles. The van der Waals surface area contributed by atoms with E-state index in [1.54, 1.807) is 0 Å². The fourth-order valence-corrected chi connectivity index (χ4v) is 3.65. The van der Waals surface area contributed by atoms with Crippen molar-refractivity contribution < 1.29 is 30.5 Å². The van der Waals surface area contributed by atoms with Gasteiger partial charge in [0.15, 0.2) is 0 Å². The van der Waals surface area contributed by atoms with E-state index in [0.29, 0.717) is 6.54 Å². The van der Waals surface area contributed by atoms with Gasteiger partial charge in [-0.1, -0.05) is 29.8 Å². The quantitative estimate of drug-likeness (QED) is 0.528. The summed E-state index contributed by atoms with van der Waals surface area (Å²) in [5.41, 5.74) is -3.31. The molecule has 0 radical (unpaired) electrons. The number of nitrogens with zero attached hydrogens (tertiary/aromatic N) is 3. The Morgan fingerprint density at radius 3 is 2.38 bits per heavy atom. The fourth-order valence-electron chi connectivity index (χ4n) is 3.23. The third-order valence-electron chi connectivity index (χ3n) is 4.64. The van der Waals surface area contributed by atoms with Crippen LogP contribution >= 0.6 is 0 Å². The van der Waals surface area contributed by atoms with Crippen molar-refractivity contribution in [2.75, 3.05) is 18.6 Å². The van der Waals surface area contributed by atoms with Crippen molar-refractivity contribution in [1.29, 1.82) is 0 Å². The summed E-state index contributed by atoms with van der Waals surface area (Å²) in [6, 6.07) is 7.79. The number of alkyl halides is 3. The van der Waals surface area contributed by atoms with Gasteiger partial charge in [0.2, 0.25) is 11.7 Å². The maximum Gasteiger partial charge on any atom is 0.534 e. The maximum atomic E-state index is 12.8. The van der Waals surface area contributed by atoms with Crippen molar-refractivity contribution >= 4 is 16.1 Å². The molecule has 1 aromatic heterocycles. The number of ether oxygens (including phenoxy) is 1. The largest absolute Gasteiger partial charge is 0.534 e. The fraction of sp³-hybridized carbons (Fsp3) is 0.444. The van der Waals surface area contributed by atoms with Gasteiger partial charge in [0.1, 0.15) is 0 Å². The average Bonchev–Trinajstić information content (AvgIpc) is 3.10. The van der Waals surface area contributed by atoms with Gasteiger partial charge >= 0.3 is 15.6 Å². The second-order valence-electron chi connectivity index (χ2n) is 6.69. The number of hydrogen-bond acceptors (Lipinski definition) is 7. The van der Waals surface area contributed by atoms with Gasteiger partial charge in [-0.2, -0.15) is 26.6 Å². The van der Waals surface area contributed by atoms with Gasteiger partial charge in [0, 0.05) is 6.54 Å². The third kappa shape index (κ3) is 4.24. The van der Waals surface area contributed by atoms with Crippen LogP contribution in [-0.2, 0) is 10.1 Å². The van der Waals surface area contributed by atoms with Crippen molar-refractivity contribution in [3.8, 4) is 11.6 Å². The average molecular weight is 431 g/mol. The van der Waals surface area contributed by atoms with Crippen molar-refractivity contribution in [3.63, 3.8) is 0 Å². The second kappa shape index (κ2) is 7.69. The predicted molar refractivity (Wildman–Crippen MR) is 99.4 cm³/mol. The smallest absolute Gasteiger partial charge is 0.490 e. The molecule has 0 amide bonds. The number of aromatic nitrogens is 2. The van der Waals surface area contributed by atoms with Crippen molar-refractivity contribution in [1.82, 2.24) is 9.97 Å². The van der Waals surface area contributed by atoms with Crippen molar-refractivity contribution in [2.24, 2.45) is 0 Å². The Morgan fingerprint density at radius 2 is 1.79 bits per heavy atom. The molecular weight excluding hydrogens is 411 g/mol. The first-order valence-electron chi connectivity index (χ1n) is 8.80. The van der Waals surface area contributed by atoms with E-state index < -0.39 is 21.5 Å². The number of benzene rings is 1. The van der Waals surface area contributed by atoms with E-state index in [-0.39, 0.29) is 23.4 Å². The Bertz CT molecular complexity index is 995. The zero-order valence-electron chi connectivity index (χ0n) is 16.0. The van der Waals surface area contributed by atoms with Crippen LogP contribution in [0.1, 0.15) is 35.7 Å². The van der Waals surface area contributed by atoms with Crippen LogP contribution in [0.3, 0.4) is 0 Å². The Hall–Kier alpha value is -2.56. The first-order chi connectivity index (χ1) is 13.5. The summed E-state index contributed by atoms with van der Waals surface area (Å²) in [5, 5.41) is 0. The van der Waals surface area contributed by atoms with E-state index in [1.807, 2.05) is 36.1 Å². The molecule has 11 heteroatoms. The maximum absolute atomic E-state index is 12.8. The molecule has 0 unspecified atom stereocenters. The monoisotopic (exact) mass is 431 g/mol. The molecule has 0 spiro atoms. The summed E-state index contributed by atoms with van der Waals surface area (Å²) < 4.78 is 70.5. The minimum absolute atomic E-state index is 0.0822. The van der Waals surface area contributed by atoms with Crippen LogP contribution in [-0.4, -0.2) is 37.5 Å². The molecule has 2 aromatic rings. The SMILES string of the molecule is COc1c(C)nc(N2CCC[C@H]2c2ccc(C)cc2)nc1OS(=O)(=O)C(F)(F)F. The summed E-state index contributed by atoms with van der Waals surface area (Å²) >= 11 is 0. The highest BCUT2D eigenvalue weighted by molar-refractivity contribution is 7.88. The number of methoxy groups -OCH3 is 1. The van der Waals surface area contributed by atoms with E-state index in [9.17, 15) is 21.6 Å². The van der Waals surface area contributed by atoms with Crippen LogP contribution in [0.2, 0.25) is 0 Å². The van der Waals surface area contributed by atoms with Crippen LogP contribution < -0.4 is 13.8 Å². The topological polar surface area (TPSA) is 81.6 Å². The van der Waals surface area contributed by atoms with Gasteiger partial charge in [0.25, 0.3) is 5.88 Å².